The first-order valence-corrected chi connectivity index (χ1v) is 11.4. The molecule has 1 aliphatic rings. The normalized spacial score (nSPS) is 19.5. The molecule has 1 heterocycles. The molecule has 0 bridgehead atoms. The maximum atomic E-state index is 12.3. The molecular formula is C15H23N3O5S2. The molecular weight excluding hydrogens is 366 g/mol. The highest BCUT2D eigenvalue weighted by molar-refractivity contribution is 7.91. The van der Waals surface area contributed by atoms with Crippen LogP contribution in [0.25, 0.3) is 0 Å². The number of urea groups is 1. The Bertz CT molecular complexity index is 819. The number of sulfonamides is 1. The summed E-state index contributed by atoms with van der Waals surface area (Å²) < 4.78 is 45.5. The number of carbonyl (C=O) groups excluding carboxylic acids is 1. The Labute approximate surface area is 148 Å². The molecule has 1 aromatic rings. The Morgan fingerprint density at radius 3 is 2.44 bits per heavy atom. The fourth-order valence-corrected chi connectivity index (χ4v) is 5.10. The molecule has 3 N–H and O–H groups in total. The summed E-state index contributed by atoms with van der Waals surface area (Å²) >= 11 is 0. The maximum absolute atomic E-state index is 12.3. The molecule has 0 aromatic heterocycles. The van der Waals surface area contributed by atoms with Gasteiger partial charge in [-0.15, -0.1) is 0 Å². The van der Waals surface area contributed by atoms with Crippen molar-refractivity contribution in [3.63, 3.8) is 0 Å². The SMILES string of the molecule is CCN(C(=O)NCCc1ccc(S(N)(=O)=O)cc1)C1CCS(=O)(=O)C1. The second-order valence-corrected chi connectivity index (χ2v) is 9.80. The Hall–Kier alpha value is -1.65. The lowest BCUT2D eigenvalue weighted by atomic mass is 10.1. The van der Waals surface area contributed by atoms with Gasteiger partial charge in [-0.25, -0.2) is 26.8 Å². The zero-order valence-electron chi connectivity index (χ0n) is 14.0. The Balaban J connectivity index is 1.87. The van der Waals surface area contributed by atoms with Gasteiger partial charge in [0, 0.05) is 19.1 Å². The van der Waals surface area contributed by atoms with Gasteiger partial charge in [0.1, 0.15) is 0 Å². The Kier molecular flexibility index (Phi) is 6.07. The van der Waals surface area contributed by atoms with Gasteiger partial charge in [0.2, 0.25) is 10.0 Å². The van der Waals surface area contributed by atoms with Crippen LogP contribution in [0.15, 0.2) is 29.2 Å². The van der Waals surface area contributed by atoms with Gasteiger partial charge in [-0.2, -0.15) is 0 Å². The van der Waals surface area contributed by atoms with Gasteiger partial charge in [0.15, 0.2) is 9.84 Å². The van der Waals surface area contributed by atoms with Crippen LogP contribution in [0.5, 0.6) is 0 Å². The maximum Gasteiger partial charge on any atom is 0.317 e. The zero-order valence-corrected chi connectivity index (χ0v) is 15.6. The Morgan fingerprint density at radius 1 is 1.32 bits per heavy atom. The molecule has 0 aliphatic carbocycles. The van der Waals surface area contributed by atoms with E-state index in [9.17, 15) is 21.6 Å². The standard InChI is InChI=1S/C15H23N3O5S2/c1-2-18(13-8-10-24(20,21)11-13)15(19)17-9-7-12-3-5-14(6-4-12)25(16,22)23/h3-6,13H,2,7-11H2,1H3,(H,17,19)(H2,16,22,23). The molecule has 1 saturated heterocycles. The number of hydrogen-bond acceptors (Lipinski definition) is 5. The van der Waals surface area contributed by atoms with E-state index in [2.05, 4.69) is 5.32 Å². The number of nitrogens with one attached hydrogen (secondary N) is 1. The van der Waals surface area contributed by atoms with Crippen molar-refractivity contribution in [1.82, 2.24) is 10.2 Å². The number of hydrogen-bond donors (Lipinski definition) is 2. The number of nitrogens with zero attached hydrogens (tertiary/aromatic N) is 1. The van der Waals surface area contributed by atoms with Crippen molar-refractivity contribution in [2.75, 3.05) is 24.6 Å². The van der Waals surface area contributed by atoms with Crippen molar-refractivity contribution in [1.29, 1.82) is 0 Å². The van der Waals surface area contributed by atoms with E-state index in [4.69, 9.17) is 5.14 Å². The minimum absolute atomic E-state index is 0.0171. The number of carbonyl (C=O) groups is 1. The summed E-state index contributed by atoms with van der Waals surface area (Å²) in [5.74, 6) is 0.140. The quantitative estimate of drug-likeness (QED) is 0.713. The van der Waals surface area contributed by atoms with Gasteiger partial charge in [-0.3, -0.25) is 0 Å². The highest BCUT2D eigenvalue weighted by atomic mass is 32.2. The predicted molar refractivity (Wildman–Crippen MR) is 94.4 cm³/mol. The van der Waals surface area contributed by atoms with Crippen LogP contribution in [-0.2, 0) is 26.3 Å². The van der Waals surface area contributed by atoms with E-state index in [1.807, 2.05) is 6.92 Å². The summed E-state index contributed by atoms with van der Waals surface area (Å²) in [7, 11) is -6.76. The largest absolute Gasteiger partial charge is 0.338 e. The third kappa shape index (κ3) is 5.41. The third-order valence-electron chi connectivity index (χ3n) is 4.19. The number of primary sulfonamides is 1. The minimum Gasteiger partial charge on any atom is -0.338 e. The van der Waals surface area contributed by atoms with Crippen molar-refractivity contribution in [2.45, 2.75) is 30.7 Å². The molecule has 1 fully saturated rings. The smallest absolute Gasteiger partial charge is 0.317 e. The number of sulfone groups is 1. The molecule has 1 aliphatic heterocycles. The van der Waals surface area contributed by atoms with Crippen LogP contribution >= 0.6 is 0 Å². The molecule has 0 saturated carbocycles. The first kappa shape index (κ1) is 19.7. The second kappa shape index (κ2) is 7.71. The lowest BCUT2D eigenvalue weighted by Gasteiger charge is -2.27. The van der Waals surface area contributed by atoms with Gasteiger partial charge < -0.3 is 10.2 Å². The van der Waals surface area contributed by atoms with Gasteiger partial charge in [-0.05, 0) is 37.5 Å². The van der Waals surface area contributed by atoms with E-state index in [0.717, 1.165) is 5.56 Å². The monoisotopic (exact) mass is 389 g/mol. The van der Waals surface area contributed by atoms with Crippen molar-refractivity contribution >= 4 is 25.9 Å². The van der Waals surface area contributed by atoms with Crippen molar-refractivity contribution in [2.24, 2.45) is 5.14 Å². The summed E-state index contributed by atoms with van der Waals surface area (Å²) in [6.45, 7) is 2.62. The van der Waals surface area contributed by atoms with Crippen LogP contribution in [0.3, 0.4) is 0 Å². The van der Waals surface area contributed by atoms with Gasteiger partial charge in [0.25, 0.3) is 0 Å². The van der Waals surface area contributed by atoms with E-state index >= 15 is 0 Å². The fraction of sp³-hybridized carbons (Fsp3) is 0.533. The third-order valence-corrected chi connectivity index (χ3v) is 6.87. The fourth-order valence-electron chi connectivity index (χ4n) is 2.85. The Morgan fingerprint density at radius 2 is 1.96 bits per heavy atom. The number of rotatable bonds is 6. The molecule has 2 amide bonds. The lowest BCUT2D eigenvalue weighted by Crippen LogP contribution is -2.47. The molecule has 1 unspecified atom stereocenters. The van der Waals surface area contributed by atoms with E-state index < -0.39 is 19.9 Å². The van der Waals surface area contributed by atoms with Crippen LogP contribution in [0, 0.1) is 0 Å². The lowest BCUT2D eigenvalue weighted by molar-refractivity contribution is 0.184. The molecule has 140 valence electrons. The first-order chi connectivity index (χ1) is 11.6. The highest BCUT2D eigenvalue weighted by Gasteiger charge is 2.33. The molecule has 1 atom stereocenters. The zero-order chi connectivity index (χ0) is 18.7. The van der Waals surface area contributed by atoms with Gasteiger partial charge >= 0.3 is 6.03 Å². The molecule has 8 nitrogen and oxygen atoms in total. The highest BCUT2D eigenvalue weighted by Crippen LogP contribution is 2.17. The van der Waals surface area contributed by atoms with E-state index in [1.165, 1.54) is 12.1 Å². The van der Waals surface area contributed by atoms with Gasteiger partial charge in [-0.1, -0.05) is 12.1 Å². The van der Waals surface area contributed by atoms with E-state index in [0.29, 0.717) is 25.9 Å². The van der Waals surface area contributed by atoms with Crippen LogP contribution < -0.4 is 10.5 Å². The van der Waals surface area contributed by atoms with Crippen LogP contribution in [0.2, 0.25) is 0 Å². The number of nitrogens with two attached hydrogens (primary N) is 1. The average Bonchev–Trinajstić information content (AvgIpc) is 2.87. The van der Waals surface area contributed by atoms with Crippen molar-refractivity contribution < 1.29 is 21.6 Å². The van der Waals surface area contributed by atoms with Crippen LogP contribution in [0.4, 0.5) is 4.79 Å². The van der Waals surface area contributed by atoms with E-state index in [-0.39, 0.29) is 28.5 Å². The van der Waals surface area contributed by atoms with Crippen molar-refractivity contribution in [3.8, 4) is 0 Å². The summed E-state index contributed by atoms with van der Waals surface area (Å²) in [5.41, 5.74) is 0.860. The second-order valence-electron chi connectivity index (χ2n) is 6.01. The average molecular weight is 389 g/mol. The molecule has 0 spiro atoms. The topological polar surface area (TPSA) is 127 Å². The summed E-state index contributed by atoms with van der Waals surface area (Å²) in [6, 6.07) is 5.58. The molecule has 10 heteroatoms. The predicted octanol–water partition coefficient (Wildman–Crippen LogP) is 0.0951. The minimum atomic E-state index is -3.71. The van der Waals surface area contributed by atoms with Gasteiger partial charge in [0.05, 0.1) is 16.4 Å². The molecule has 1 aromatic carbocycles. The number of benzene rings is 1. The summed E-state index contributed by atoms with van der Waals surface area (Å²) in [6.07, 6.45) is 0.996. The molecule has 2 rings (SSSR count). The molecule has 25 heavy (non-hydrogen) atoms. The number of amides is 2. The first-order valence-electron chi connectivity index (χ1n) is 7.99. The molecule has 0 radical (unpaired) electrons. The van der Waals surface area contributed by atoms with Crippen molar-refractivity contribution in [3.05, 3.63) is 29.8 Å². The van der Waals surface area contributed by atoms with E-state index in [1.54, 1.807) is 17.0 Å². The van der Waals surface area contributed by atoms with Crippen LogP contribution in [0.1, 0.15) is 18.9 Å². The summed E-state index contributed by atoms with van der Waals surface area (Å²) in [4.78, 5) is 13.9. The summed E-state index contributed by atoms with van der Waals surface area (Å²) in [5, 5.41) is 7.82. The van der Waals surface area contributed by atoms with Crippen LogP contribution in [-0.4, -0.2) is 58.4 Å².